The van der Waals surface area contributed by atoms with Crippen molar-refractivity contribution >= 4 is 27.5 Å². The van der Waals surface area contributed by atoms with Crippen molar-refractivity contribution in [2.75, 3.05) is 7.11 Å². The SMILES string of the molecule is COc1ccccc1CNCc1cc(Br)ccc1OCc1c(F)cccc1Cl. The standard InChI is InChI=1S/C22H20BrClFNO2/c1-27-21-8-3-2-5-15(21)12-26-13-16-11-17(23)9-10-22(16)28-14-18-19(24)6-4-7-20(18)25/h2-11,26H,12-14H2,1H3. The third-order valence-corrected chi connectivity index (χ3v) is 5.13. The van der Waals surface area contributed by atoms with Gasteiger partial charge in [0.25, 0.3) is 0 Å². The molecule has 0 aliphatic rings. The Hall–Kier alpha value is -2.08. The van der Waals surface area contributed by atoms with Crippen LogP contribution in [-0.2, 0) is 19.7 Å². The van der Waals surface area contributed by atoms with Crippen molar-refractivity contribution < 1.29 is 13.9 Å². The van der Waals surface area contributed by atoms with Crippen molar-refractivity contribution in [2.45, 2.75) is 19.7 Å². The summed E-state index contributed by atoms with van der Waals surface area (Å²) in [7, 11) is 1.66. The predicted octanol–water partition coefficient (Wildman–Crippen LogP) is 6.12. The van der Waals surface area contributed by atoms with Crippen LogP contribution in [0.15, 0.2) is 65.1 Å². The minimum Gasteiger partial charge on any atom is -0.496 e. The molecular weight excluding hydrogens is 445 g/mol. The summed E-state index contributed by atoms with van der Waals surface area (Å²) in [5, 5.41) is 3.75. The molecule has 0 aliphatic carbocycles. The van der Waals surface area contributed by atoms with Crippen LogP contribution in [0, 0.1) is 5.82 Å². The number of ether oxygens (including phenoxy) is 2. The number of methoxy groups -OCH3 is 1. The zero-order valence-corrected chi connectivity index (χ0v) is 17.7. The summed E-state index contributed by atoms with van der Waals surface area (Å²) in [6.07, 6.45) is 0. The van der Waals surface area contributed by atoms with Crippen LogP contribution >= 0.6 is 27.5 Å². The molecule has 0 radical (unpaired) electrons. The van der Waals surface area contributed by atoms with Gasteiger partial charge in [0.1, 0.15) is 23.9 Å². The fourth-order valence-electron chi connectivity index (χ4n) is 2.83. The minimum absolute atomic E-state index is 0.0621. The number of hydrogen-bond donors (Lipinski definition) is 1. The van der Waals surface area contributed by atoms with E-state index in [-0.39, 0.29) is 12.4 Å². The number of nitrogens with one attached hydrogen (secondary N) is 1. The molecule has 0 amide bonds. The molecule has 0 aliphatic heterocycles. The summed E-state index contributed by atoms with van der Waals surface area (Å²) < 4.78 is 26.2. The van der Waals surface area contributed by atoms with Gasteiger partial charge < -0.3 is 14.8 Å². The molecule has 0 saturated carbocycles. The van der Waals surface area contributed by atoms with Gasteiger partial charge in [0.2, 0.25) is 0 Å². The second kappa shape index (κ2) is 9.92. The van der Waals surface area contributed by atoms with Crippen LogP contribution in [0.5, 0.6) is 11.5 Å². The van der Waals surface area contributed by atoms with Gasteiger partial charge >= 0.3 is 0 Å². The topological polar surface area (TPSA) is 30.5 Å². The molecule has 1 N–H and O–H groups in total. The van der Waals surface area contributed by atoms with E-state index in [1.54, 1.807) is 19.2 Å². The number of para-hydroxylation sites is 1. The van der Waals surface area contributed by atoms with Crippen LogP contribution in [0.3, 0.4) is 0 Å². The molecule has 3 nitrogen and oxygen atoms in total. The summed E-state index contributed by atoms with van der Waals surface area (Å²) in [4.78, 5) is 0. The summed E-state index contributed by atoms with van der Waals surface area (Å²) in [5.74, 6) is 1.14. The summed E-state index contributed by atoms with van der Waals surface area (Å²) in [6, 6.07) is 18.2. The van der Waals surface area contributed by atoms with Crippen LogP contribution < -0.4 is 14.8 Å². The lowest BCUT2D eigenvalue weighted by molar-refractivity contribution is 0.296. The molecule has 28 heavy (non-hydrogen) atoms. The minimum atomic E-state index is -0.375. The van der Waals surface area contributed by atoms with E-state index in [4.69, 9.17) is 21.1 Å². The van der Waals surface area contributed by atoms with E-state index in [9.17, 15) is 4.39 Å². The third-order valence-electron chi connectivity index (χ3n) is 4.28. The Morgan fingerprint density at radius 2 is 1.75 bits per heavy atom. The Morgan fingerprint density at radius 3 is 2.54 bits per heavy atom. The third kappa shape index (κ3) is 5.25. The van der Waals surface area contributed by atoms with Crippen molar-refractivity contribution in [3.05, 3.63) is 92.7 Å². The van der Waals surface area contributed by atoms with E-state index in [0.717, 1.165) is 21.3 Å². The van der Waals surface area contributed by atoms with Crippen LogP contribution in [-0.4, -0.2) is 7.11 Å². The van der Waals surface area contributed by atoms with E-state index in [1.165, 1.54) is 6.07 Å². The largest absolute Gasteiger partial charge is 0.496 e. The fraction of sp³-hybridized carbons (Fsp3) is 0.182. The monoisotopic (exact) mass is 463 g/mol. The highest BCUT2D eigenvalue weighted by molar-refractivity contribution is 9.10. The van der Waals surface area contributed by atoms with Crippen molar-refractivity contribution in [1.82, 2.24) is 5.32 Å². The zero-order valence-electron chi connectivity index (χ0n) is 15.3. The number of halogens is 3. The molecule has 146 valence electrons. The van der Waals surface area contributed by atoms with E-state index < -0.39 is 0 Å². The normalized spacial score (nSPS) is 10.7. The predicted molar refractivity (Wildman–Crippen MR) is 113 cm³/mol. The lowest BCUT2D eigenvalue weighted by Gasteiger charge is -2.15. The van der Waals surface area contributed by atoms with Gasteiger partial charge in [-0.1, -0.05) is 51.8 Å². The van der Waals surface area contributed by atoms with Crippen molar-refractivity contribution in [1.29, 1.82) is 0 Å². The van der Waals surface area contributed by atoms with Gasteiger partial charge in [-0.15, -0.1) is 0 Å². The van der Waals surface area contributed by atoms with Gasteiger partial charge in [0.15, 0.2) is 0 Å². The number of hydrogen-bond acceptors (Lipinski definition) is 3. The number of benzene rings is 3. The highest BCUT2D eigenvalue weighted by Gasteiger charge is 2.11. The molecule has 6 heteroatoms. The molecule has 0 fully saturated rings. The first-order valence-electron chi connectivity index (χ1n) is 8.75. The maximum atomic E-state index is 14.0. The molecule has 0 unspecified atom stereocenters. The Kier molecular flexibility index (Phi) is 7.31. The Labute approximate surface area is 177 Å². The van der Waals surface area contributed by atoms with Gasteiger partial charge in [0.05, 0.1) is 12.1 Å². The number of rotatable bonds is 8. The van der Waals surface area contributed by atoms with Crippen LogP contribution in [0.2, 0.25) is 5.02 Å². The lowest BCUT2D eigenvalue weighted by Crippen LogP contribution is -2.14. The molecule has 3 rings (SSSR count). The summed E-state index contributed by atoms with van der Waals surface area (Å²) in [5.41, 5.74) is 2.37. The molecule has 3 aromatic carbocycles. The summed E-state index contributed by atoms with van der Waals surface area (Å²) in [6.45, 7) is 1.29. The molecule has 3 aromatic rings. The Morgan fingerprint density at radius 1 is 0.964 bits per heavy atom. The van der Waals surface area contributed by atoms with E-state index in [0.29, 0.717) is 29.4 Å². The first-order valence-corrected chi connectivity index (χ1v) is 9.92. The van der Waals surface area contributed by atoms with Gasteiger partial charge in [-0.05, 0) is 36.4 Å². The van der Waals surface area contributed by atoms with E-state index in [2.05, 4.69) is 21.2 Å². The van der Waals surface area contributed by atoms with E-state index in [1.807, 2.05) is 42.5 Å². The van der Waals surface area contributed by atoms with Gasteiger partial charge in [-0.2, -0.15) is 0 Å². The lowest BCUT2D eigenvalue weighted by atomic mass is 10.1. The molecule has 0 spiro atoms. The zero-order chi connectivity index (χ0) is 19.9. The smallest absolute Gasteiger partial charge is 0.131 e. The fourth-order valence-corrected chi connectivity index (χ4v) is 3.45. The molecule has 0 bridgehead atoms. The quantitative estimate of drug-likeness (QED) is 0.436. The van der Waals surface area contributed by atoms with Crippen molar-refractivity contribution in [3.63, 3.8) is 0 Å². The molecular formula is C22H20BrClFNO2. The Bertz CT molecular complexity index is 931. The average molecular weight is 465 g/mol. The van der Waals surface area contributed by atoms with Crippen LogP contribution in [0.1, 0.15) is 16.7 Å². The maximum absolute atomic E-state index is 14.0. The summed E-state index contributed by atoms with van der Waals surface area (Å²) >= 11 is 9.58. The van der Waals surface area contributed by atoms with Gasteiger partial charge in [-0.25, -0.2) is 4.39 Å². The first kappa shape index (κ1) is 20.6. The van der Waals surface area contributed by atoms with E-state index >= 15 is 0 Å². The maximum Gasteiger partial charge on any atom is 0.131 e. The molecule has 0 atom stereocenters. The average Bonchev–Trinajstić information content (AvgIpc) is 2.69. The second-order valence-corrected chi connectivity index (χ2v) is 7.48. The second-order valence-electron chi connectivity index (χ2n) is 6.16. The molecule has 0 heterocycles. The Balaban J connectivity index is 1.69. The molecule has 0 aromatic heterocycles. The van der Waals surface area contributed by atoms with Crippen LogP contribution in [0.25, 0.3) is 0 Å². The first-order chi connectivity index (χ1) is 13.6. The molecule has 0 saturated heterocycles. The van der Waals surface area contributed by atoms with Gasteiger partial charge in [-0.3, -0.25) is 0 Å². The van der Waals surface area contributed by atoms with Crippen molar-refractivity contribution in [3.8, 4) is 11.5 Å². The van der Waals surface area contributed by atoms with Crippen molar-refractivity contribution in [2.24, 2.45) is 0 Å². The highest BCUT2D eigenvalue weighted by Crippen LogP contribution is 2.27. The highest BCUT2D eigenvalue weighted by atomic mass is 79.9. The van der Waals surface area contributed by atoms with Crippen LogP contribution in [0.4, 0.5) is 4.39 Å². The van der Waals surface area contributed by atoms with Gasteiger partial charge in [0, 0.05) is 34.3 Å².